The van der Waals surface area contributed by atoms with Crippen molar-refractivity contribution in [1.82, 2.24) is 10.2 Å². The van der Waals surface area contributed by atoms with Crippen LogP contribution in [0, 0.1) is 0 Å². The predicted octanol–water partition coefficient (Wildman–Crippen LogP) is 3.48. The van der Waals surface area contributed by atoms with Gasteiger partial charge in [0.1, 0.15) is 6.61 Å². The van der Waals surface area contributed by atoms with E-state index in [0.29, 0.717) is 34.5 Å². The molecule has 0 aliphatic carbocycles. The van der Waals surface area contributed by atoms with E-state index in [-0.39, 0.29) is 12.4 Å². The van der Waals surface area contributed by atoms with Gasteiger partial charge in [-0.15, -0.1) is 12.4 Å². The molecule has 1 aliphatic rings. The molecule has 1 N–H and O–H groups in total. The maximum atomic E-state index is 6.06. The molecule has 0 bridgehead atoms. The van der Waals surface area contributed by atoms with E-state index in [1.807, 2.05) is 6.07 Å². The largest absolute Gasteiger partial charge is 0.489 e. The summed E-state index contributed by atoms with van der Waals surface area (Å²) >= 11 is 12.1. The highest BCUT2D eigenvalue weighted by atomic mass is 35.5. The number of nitrogens with one attached hydrogen (secondary N) is 1. The number of ether oxygens (including phenoxy) is 1. The molecule has 1 fully saturated rings. The predicted molar refractivity (Wildman–Crippen MR) is 87.7 cm³/mol. The van der Waals surface area contributed by atoms with Gasteiger partial charge >= 0.3 is 0 Å². The second-order valence-electron chi connectivity index (χ2n) is 5.13. The van der Waals surface area contributed by atoms with Gasteiger partial charge in [-0.1, -0.05) is 29.3 Å². The van der Waals surface area contributed by atoms with Crippen LogP contribution in [0.2, 0.25) is 10.0 Å². The molecule has 2 rings (SSSR count). The summed E-state index contributed by atoms with van der Waals surface area (Å²) in [5.74, 6) is 0.585. The van der Waals surface area contributed by atoms with E-state index in [9.17, 15) is 0 Å². The Labute approximate surface area is 137 Å². The number of hydrogen-bond acceptors (Lipinski definition) is 3. The standard InChI is InChI=1S/C14H20Cl2N2O.ClH/c1-10-8-18(9-11(2)17-10)6-7-19-14-12(15)4-3-5-13(14)16;/h3-5,10-11,17H,6-9H2,1-2H3;1H. The van der Waals surface area contributed by atoms with E-state index >= 15 is 0 Å². The summed E-state index contributed by atoms with van der Waals surface area (Å²) in [6.07, 6.45) is 0. The molecule has 1 aromatic rings. The lowest BCUT2D eigenvalue weighted by atomic mass is 10.1. The first-order valence-corrected chi connectivity index (χ1v) is 7.37. The molecule has 1 heterocycles. The average Bonchev–Trinajstić information content (AvgIpc) is 2.32. The molecule has 0 saturated carbocycles. The van der Waals surface area contributed by atoms with Crippen LogP contribution in [0.5, 0.6) is 5.75 Å². The van der Waals surface area contributed by atoms with Crippen LogP contribution >= 0.6 is 35.6 Å². The Morgan fingerprint density at radius 1 is 1.20 bits per heavy atom. The van der Waals surface area contributed by atoms with Gasteiger partial charge in [-0.3, -0.25) is 4.90 Å². The van der Waals surface area contributed by atoms with Crippen LogP contribution in [0.3, 0.4) is 0 Å². The Morgan fingerprint density at radius 2 is 1.75 bits per heavy atom. The molecule has 20 heavy (non-hydrogen) atoms. The van der Waals surface area contributed by atoms with Crippen LogP contribution in [0.1, 0.15) is 13.8 Å². The van der Waals surface area contributed by atoms with Gasteiger partial charge in [-0.05, 0) is 26.0 Å². The smallest absolute Gasteiger partial charge is 0.156 e. The summed E-state index contributed by atoms with van der Waals surface area (Å²) in [4.78, 5) is 2.40. The first-order valence-electron chi connectivity index (χ1n) is 6.61. The molecule has 114 valence electrons. The topological polar surface area (TPSA) is 24.5 Å². The van der Waals surface area contributed by atoms with Gasteiger partial charge in [0.15, 0.2) is 5.75 Å². The Balaban J connectivity index is 0.00000200. The van der Waals surface area contributed by atoms with E-state index in [0.717, 1.165) is 19.6 Å². The summed E-state index contributed by atoms with van der Waals surface area (Å²) in [7, 11) is 0. The fourth-order valence-corrected chi connectivity index (χ4v) is 3.03. The third-order valence-corrected chi connectivity index (χ3v) is 3.80. The quantitative estimate of drug-likeness (QED) is 0.909. The van der Waals surface area contributed by atoms with Crippen LogP contribution in [0.4, 0.5) is 0 Å². The lowest BCUT2D eigenvalue weighted by molar-refractivity contribution is 0.146. The second-order valence-corrected chi connectivity index (χ2v) is 5.94. The second kappa shape index (κ2) is 8.30. The molecular formula is C14H21Cl3N2O. The number of para-hydroxylation sites is 1. The minimum Gasteiger partial charge on any atom is -0.489 e. The van der Waals surface area contributed by atoms with E-state index < -0.39 is 0 Å². The summed E-state index contributed by atoms with van der Waals surface area (Å²) in [5.41, 5.74) is 0. The van der Waals surface area contributed by atoms with Gasteiger partial charge < -0.3 is 10.1 Å². The molecule has 1 aromatic carbocycles. The van der Waals surface area contributed by atoms with Crippen LogP contribution < -0.4 is 10.1 Å². The van der Waals surface area contributed by atoms with Crippen molar-refractivity contribution in [3.63, 3.8) is 0 Å². The molecular weight excluding hydrogens is 319 g/mol. The number of hydrogen-bond donors (Lipinski definition) is 1. The molecule has 0 amide bonds. The Morgan fingerprint density at radius 3 is 2.30 bits per heavy atom. The average molecular weight is 340 g/mol. The minimum atomic E-state index is 0. The number of nitrogens with zero attached hydrogens (tertiary/aromatic N) is 1. The number of piperazine rings is 1. The van der Waals surface area contributed by atoms with E-state index in [2.05, 4.69) is 24.1 Å². The zero-order chi connectivity index (χ0) is 13.8. The highest BCUT2D eigenvalue weighted by molar-refractivity contribution is 6.37. The van der Waals surface area contributed by atoms with Crippen LogP contribution in [0.25, 0.3) is 0 Å². The zero-order valence-corrected chi connectivity index (χ0v) is 14.1. The number of benzene rings is 1. The minimum absolute atomic E-state index is 0. The van der Waals surface area contributed by atoms with Gasteiger partial charge in [-0.25, -0.2) is 0 Å². The highest BCUT2D eigenvalue weighted by Gasteiger charge is 2.20. The van der Waals surface area contributed by atoms with Crippen LogP contribution in [-0.2, 0) is 0 Å². The van der Waals surface area contributed by atoms with Crippen LogP contribution in [0.15, 0.2) is 18.2 Å². The Hall–Kier alpha value is -0.190. The van der Waals surface area contributed by atoms with Crippen LogP contribution in [-0.4, -0.2) is 43.2 Å². The normalized spacial score (nSPS) is 23.2. The molecule has 0 spiro atoms. The van der Waals surface area contributed by atoms with E-state index in [4.69, 9.17) is 27.9 Å². The van der Waals surface area contributed by atoms with Gasteiger partial charge in [0.2, 0.25) is 0 Å². The van der Waals surface area contributed by atoms with Crippen molar-refractivity contribution in [3.05, 3.63) is 28.2 Å². The fraction of sp³-hybridized carbons (Fsp3) is 0.571. The van der Waals surface area contributed by atoms with Gasteiger partial charge in [0.25, 0.3) is 0 Å². The molecule has 0 aromatic heterocycles. The van der Waals surface area contributed by atoms with Gasteiger partial charge in [-0.2, -0.15) is 0 Å². The van der Waals surface area contributed by atoms with Crippen molar-refractivity contribution < 1.29 is 4.74 Å². The first kappa shape index (κ1) is 17.9. The third kappa shape index (κ3) is 4.97. The molecule has 6 heteroatoms. The molecule has 1 saturated heterocycles. The maximum absolute atomic E-state index is 6.06. The van der Waals surface area contributed by atoms with Crippen molar-refractivity contribution >= 4 is 35.6 Å². The Bertz CT molecular complexity index is 401. The van der Waals surface area contributed by atoms with E-state index in [1.54, 1.807) is 12.1 Å². The molecule has 2 atom stereocenters. The molecule has 1 aliphatic heterocycles. The highest BCUT2D eigenvalue weighted by Crippen LogP contribution is 2.32. The maximum Gasteiger partial charge on any atom is 0.156 e. The Kier molecular flexibility index (Phi) is 7.41. The first-order chi connectivity index (χ1) is 9.06. The van der Waals surface area contributed by atoms with Crippen molar-refractivity contribution in [2.75, 3.05) is 26.2 Å². The zero-order valence-electron chi connectivity index (χ0n) is 11.7. The summed E-state index contributed by atoms with van der Waals surface area (Å²) in [6.45, 7) is 7.98. The summed E-state index contributed by atoms with van der Waals surface area (Å²) in [6, 6.07) is 6.44. The van der Waals surface area contributed by atoms with E-state index in [1.165, 1.54) is 0 Å². The van der Waals surface area contributed by atoms with Crippen molar-refractivity contribution in [2.24, 2.45) is 0 Å². The van der Waals surface area contributed by atoms with Gasteiger partial charge in [0.05, 0.1) is 10.0 Å². The van der Waals surface area contributed by atoms with Crippen molar-refractivity contribution in [3.8, 4) is 5.75 Å². The van der Waals surface area contributed by atoms with Crippen molar-refractivity contribution in [1.29, 1.82) is 0 Å². The monoisotopic (exact) mass is 338 g/mol. The molecule has 2 unspecified atom stereocenters. The SMILES string of the molecule is CC1CN(CCOc2c(Cl)cccc2Cl)CC(C)N1.Cl. The van der Waals surface area contributed by atoms with Crippen molar-refractivity contribution in [2.45, 2.75) is 25.9 Å². The molecule has 0 radical (unpaired) electrons. The summed E-state index contributed by atoms with van der Waals surface area (Å²) < 4.78 is 5.71. The molecule has 3 nitrogen and oxygen atoms in total. The third-order valence-electron chi connectivity index (χ3n) is 3.21. The summed E-state index contributed by atoms with van der Waals surface area (Å²) in [5, 5.41) is 4.64. The lowest BCUT2D eigenvalue weighted by Gasteiger charge is -2.36. The number of halogens is 3. The van der Waals surface area contributed by atoms with Gasteiger partial charge in [0, 0.05) is 31.7 Å². The fourth-order valence-electron chi connectivity index (χ4n) is 2.52. The number of rotatable bonds is 4. The lowest BCUT2D eigenvalue weighted by Crippen LogP contribution is -2.54.